The average molecular weight is 372 g/mol. The van der Waals surface area contributed by atoms with E-state index in [0.29, 0.717) is 50.8 Å². The van der Waals surface area contributed by atoms with Crippen molar-refractivity contribution in [3.63, 3.8) is 0 Å². The molecule has 0 bridgehead atoms. The van der Waals surface area contributed by atoms with E-state index in [1.165, 1.54) is 10.5 Å². The molecular formula is C19H27F3N2O2. The van der Waals surface area contributed by atoms with E-state index >= 15 is 0 Å². The highest BCUT2D eigenvalue weighted by Crippen LogP contribution is 2.29. The van der Waals surface area contributed by atoms with Crippen LogP contribution in [0.1, 0.15) is 19.4 Å². The Morgan fingerprint density at radius 2 is 1.73 bits per heavy atom. The Kier molecular flexibility index (Phi) is 7.34. The largest absolute Gasteiger partial charge is 0.493 e. The lowest BCUT2D eigenvalue weighted by Crippen LogP contribution is -2.48. The maximum absolute atomic E-state index is 12.5. The summed E-state index contributed by atoms with van der Waals surface area (Å²) in [7, 11) is 1.60. The predicted molar refractivity (Wildman–Crippen MR) is 95.7 cm³/mol. The van der Waals surface area contributed by atoms with Crippen molar-refractivity contribution >= 4 is 0 Å². The minimum absolute atomic E-state index is 0.431. The number of allylic oxidation sites excluding steroid dienone is 1. The Hall–Kier alpha value is -1.73. The third kappa shape index (κ3) is 6.88. The van der Waals surface area contributed by atoms with Gasteiger partial charge < -0.3 is 9.47 Å². The first-order valence-corrected chi connectivity index (χ1v) is 8.71. The minimum Gasteiger partial charge on any atom is -0.493 e. The Bertz CT molecular complexity index is 605. The molecule has 26 heavy (non-hydrogen) atoms. The molecule has 1 aromatic rings. The molecule has 146 valence electrons. The van der Waals surface area contributed by atoms with E-state index in [1.54, 1.807) is 7.11 Å². The van der Waals surface area contributed by atoms with E-state index in [0.717, 1.165) is 5.56 Å². The van der Waals surface area contributed by atoms with Crippen molar-refractivity contribution < 1.29 is 22.6 Å². The van der Waals surface area contributed by atoms with Crippen LogP contribution in [-0.2, 0) is 6.54 Å². The highest BCUT2D eigenvalue weighted by atomic mass is 19.4. The topological polar surface area (TPSA) is 24.9 Å². The number of alkyl halides is 3. The smallest absolute Gasteiger partial charge is 0.401 e. The van der Waals surface area contributed by atoms with E-state index in [9.17, 15) is 13.2 Å². The summed E-state index contributed by atoms with van der Waals surface area (Å²) >= 11 is 0. The average Bonchev–Trinajstić information content (AvgIpc) is 2.56. The monoisotopic (exact) mass is 372 g/mol. The standard InChI is InChI=1S/C19H27F3N2O2/c1-15(2)6-11-26-17-5-4-16(12-18(17)25-3)13-23-7-9-24(10-8-23)14-19(20,21)22/h4-6,12H,7-11,13-14H2,1-3H3. The van der Waals surface area contributed by atoms with Crippen molar-refractivity contribution in [2.45, 2.75) is 26.6 Å². The van der Waals surface area contributed by atoms with E-state index in [2.05, 4.69) is 4.90 Å². The third-order valence-corrected chi connectivity index (χ3v) is 4.23. The van der Waals surface area contributed by atoms with Crippen LogP contribution < -0.4 is 9.47 Å². The summed E-state index contributed by atoms with van der Waals surface area (Å²) in [6.07, 6.45) is -2.13. The van der Waals surface area contributed by atoms with Gasteiger partial charge in [0.15, 0.2) is 11.5 Å². The van der Waals surface area contributed by atoms with Gasteiger partial charge in [-0.15, -0.1) is 0 Å². The molecule has 1 aliphatic rings. The number of hydrogen-bond acceptors (Lipinski definition) is 4. The molecule has 1 saturated heterocycles. The molecular weight excluding hydrogens is 345 g/mol. The fourth-order valence-electron chi connectivity index (χ4n) is 2.84. The lowest BCUT2D eigenvalue weighted by molar-refractivity contribution is -0.149. The maximum atomic E-state index is 12.5. The van der Waals surface area contributed by atoms with Gasteiger partial charge in [-0.1, -0.05) is 11.6 Å². The molecule has 0 unspecified atom stereocenters. The van der Waals surface area contributed by atoms with Crippen molar-refractivity contribution in [2.24, 2.45) is 0 Å². The number of methoxy groups -OCH3 is 1. The molecule has 1 heterocycles. The molecule has 0 spiro atoms. The Balaban J connectivity index is 1.89. The van der Waals surface area contributed by atoms with Gasteiger partial charge in [0, 0.05) is 32.7 Å². The van der Waals surface area contributed by atoms with Gasteiger partial charge >= 0.3 is 6.18 Å². The summed E-state index contributed by atoms with van der Waals surface area (Å²) < 4.78 is 48.5. The Morgan fingerprint density at radius 3 is 2.31 bits per heavy atom. The van der Waals surface area contributed by atoms with Gasteiger partial charge in [0.2, 0.25) is 0 Å². The van der Waals surface area contributed by atoms with Gasteiger partial charge in [0.05, 0.1) is 13.7 Å². The van der Waals surface area contributed by atoms with Crippen molar-refractivity contribution in [3.05, 3.63) is 35.4 Å². The number of nitrogens with zero attached hydrogens (tertiary/aromatic N) is 2. The number of benzene rings is 1. The minimum atomic E-state index is -4.13. The summed E-state index contributed by atoms with van der Waals surface area (Å²) in [6, 6.07) is 5.79. The first-order chi connectivity index (χ1) is 12.3. The van der Waals surface area contributed by atoms with Gasteiger partial charge in [-0.25, -0.2) is 0 Å². The van der Waals surface area contributed by atoms with Gasteiger partial charge in [-0.3, -0.25) is 9.80 Å². The predicted octanol–water partition coefficient (Wildman–Crippen LogP) is 3.72. The molecule has 2 rings (SSSR count). The molecule has 0 radical (unpaired) electrons. The van der Waals surface area contributed by atoms with Crippen LogP contribution in [0.5, 0.6) is 11.5 Å². The second-order valence-corrected chi connectivity index (χ2v) is 6.75. The van der Waals surface area contributed by atoms with Crippen molar-refractivity contribution in [1.29, 1.82) is 0 Å². The zero-order chi connectivity index (χ0) is 19.2. The highest BCUT2D eigenvalue weighted by molar-refractivity contribution is 5.43. The molecule has 0 aliphatic carbocycles. The fourth-order valence-corrected chi connectivity index (χ4v) is 2.84. The molecule has 4 nitrogen and oxygen atoms in total. The lowest BCUT2D eigenvalue weighted by atomic mass is 10.1. The van der Waals surface area contributed by atoms with Crippen LogP contribution in [0, 0.1) is 0 Å². The molecule has 0 atom stereocenters. The summed E-state index contributed by atoms with van der Waals surface area (Å²) in [6.45, 7) is 6.47. The third-order valence-electron chi connectivity index (χ3n) is 4.23. The SMILES string of the molecule is COc1cc(CN2CCN(CC(F)(F)F)CC2)ccc1OCC=C(C)C. The number of rotatable bonds is 7. The quantitative estimate of drug-likeness (QED) is 0.681. The maximum Gasteiger partial charge on any atom is 0.401 e. The molecule has 0 saturated carbocycles. The van der Waals surface area contributed by atoms with Crippen LogP contribution >= 0.6 is 0 Å². The summed E-state index contributed by atoms with van der Waals surface area (Å²) in [5.41, 5.74) is 2.24. The first kappa shape index (κ1) is 20.6. The Morgan fingerprint density at radius 1 is 1.08 bits per heavy atom. The van der Waals surface area contributed by atoms with Gasteiger partial charge in [0.1, 0.15) is 6.61 Å². The number of hydrogen-bond donors (Lipinski definition) is 0. The molecule has 0 aromatic heterocycles. The van der Waals surface area contributed by atoms with Crippen molar-refractivity contribution in [3.8, 4) is 11.5 Å². The van der Waals surface area contributed by atoms with Gasteiger partial charge in [-0.05, 0) is 37.6 Å². The lowest BCUT2D eigenvalue weighted by Gasteiger charge is -2.35. The van der Waals surface area contributed by atoms with Crippen molar-refractivity contribution in [1.82, 2.24) is 9.80 Å². The molecule has 1 aromatic carbocycles. The molecule has 1 aliphatic heterocycles. The normalized spacial score (nSPS) is 16.4. The molecule has 0 N–H and O–H groups in total. The second kappa shape index (κ2) is 9.28. The summed E-state index contributed by atoms with van der Waals surface area (Å²) in [4.78, 5) is 3.61. The Labute approximate surface area is 153 Å². The van der Waals surface area contributed by atoms with Gasteiger partial charge in [-0.2, -0.15) is 13.2 Å². The van der Waals surface area contributed by atoms with E-state index in [4.69, 9.17) is 9.47 Å². The van der Waals surface area contributed by atoms with Crippen LogP contribution in [0.2, 0.25) is 0 Å². The van der Waals surface area contributed by atoms with Crippen LogP contribution in [0.4, 0.5) is 13.2 Å². The summed E-state index contributed by atoms with van der Waals surface area (Å²) in [5, 5.41) is 0. The fraction of sp³-hybridized carbons (Fsp3) is 0.579. The van der Waals surface area contributed by atoms with E-state index < -0.39 is 12.7 Å². The van der Waals surface area contributed by atoms with E-state index in [-0.39, 0.29) is 0 Å². The molecule has 1 fully saturated rings. The van der Waals surface area contributed by atoms with E-state index in [1.807, 2.05) is 38.1 Å². The highest BCUT2D eigenvalue weighted by Gasteiger charge is 2.32. The molecule has 0 amide bonds. The van der Waals surface area contributed by atoms with Crippen LogP contribution in [-0.4, -0.2) is 62.4 Å². The van der Waals surface area contributed by atoms with Crippen LogP contribution in [0.3, 0.4) is 0 Å². The second-order valence-electron chi connectivity index (χ2n) is 6.75. The zero-order valence-corrected chi connectivity index (χ0v) is 15.6. The summed E-state index contributed by atoms with van der Waals surface area (Å²) in [5.74, 6) is 1.35. The van der Waals surface area contributed by atoms with Crippen molar-refractivity contribution in [2.75, 3.05) is 46.4 Å². The zero-order valence-electron chi connectivity index (χ0n) is 15.6. The first-order valence-electron chi connectivity index (χ1n) is 8.71. The van der Waals surface area contributed by atoms with Crippen LogP contribution in [0.25, 0.3) is 0 Å². The molecule has 7 heteroatoms. The van der Waals surface area contributed by atoms with Gasteiger partial charge in [0.25, 0.3) is 0 Å². The number of halogens is 3. The number of ether oxygens (including phenoxy) is 2. The number of piperazine rings is 1. The van der Waals surface area contributed by atoms with Crippen LogP contribution in [0.15, 0.2) is 29.8 Å².